The molecule has 124 valence electrons. The van der Waals surface area contributed by atoms with Crippen molar-refractivity contribution in [1.29, 1.82) is 0 Å². The highest BCUT2D eigenvalue weighted by atomic mass is 32.2. The third-order valence-corrected chi connectivity index (χ3v) is 5.40. The summed E-state index contributed by atoms with van der Waals surface area (Å²) in [6.45, 7) is 1.87. The van der Waals surface area contributed by atoms with E-state index in [2.05, 4.69) is 4.72 Å². The predicted octanol–water partition coefficient (Wildman–Crippen LogP) is 2.84. The lowest BCUT2D eigenvalue weighted by atomic mass is 9.86. The van der Waals surface area contributed by atoms with E-state index in [1.54, 1.807) is 6.92 Å². The van der Waals surface area contributed by atoms with Gasteiger partial charge in [0, 0.05) is 18.0 Å². The van der Waals surface area contributed by atoms with Gasteiger partial charge in [0.15, 0.2) is 11.6 Å². The standard InChI is InChI=1S/C15H21F2NO3S/c1-2-22(19,20)18-15-6-4-3-5-11(15)10-21-12-7-8-13(16)14(17)9-12/h7-9,11,15,18H,2-6,10H2,1H3/t11-,15+/m1/s1. The van der Waals surface area contributed by atoms with Crippen molar-refractivity contribution in [2.45, 2.75) is 38.6 Å². The van der Waals surface area contributed by atoms with Gasteiger partial charge >= 0.3 is 0 Å². The summed E-state index contributed by atoms with van der Waals surface area (Å²) in [6.07, 6.45) is 3.60. The van der Waals surface area contributed by atoms with Crippen LogP contribution in [0, 0.1) is 17.6 Å². The van der Waals surface area contributed by atoms with Crippen molar-refractivity contribution in [2.24, 2.45) is 5.92 Å². The zero-order chi connectivity index (χ0) is 16.2. The number of nitrogens with one attached hydrogen (secondary N) is 1. The van der Waals surface area contributed by atoms with Crippen molar-refractivity contribution in [3.63, 3.8) is 0 Å². The van der Waals surface area contributed by atoms with E-state index in [0.29, 0.717) is 0 Å². The molecule has 2 rings (SSSR count). The van der Waals surface area contributed by atoms with Gasteiger partial charge in [-0.1, -0.05) is 12.8 Å². The van der Waals surface area contributed by atoms with Crippen molar-refractivity contribution in [3.05, 3.63) is 29.8 Å². The van der Waals surface area contributed by atoms with Gasteiger partial charge in [-0.3, -0.25) is 0 Å². The lowest BCUT2D eigenvalue weighted by Crippen LogP contribution is -2.44. The second-order valence-corrected chi connectivity index (χ2v) is 7.60. The zero-order valence-corrected chi connectivity index (χ0v) is 13.3. The summed E-state index contributed by atoms with van der Waals surface area (Å²) in [6, 6.07) is 3.22. The minimum absolute atomic E-state index is 0.0307. The Labute approximate surface area is 129 Å². The minimum Gasteiger partial charge on any atom is -0.493 e. The van der Waals surface area contributed by atoms with Crippen LogP contribution < -0.4 is 9.46 Å². The summed E-state index contributed by atoms with van der Waals surface area (Å²) >= 11 is 0. The number of hydrogen-bond donors (Lipinski definition) is 1. The van der Waals surface area contributed by atoms with Crippen LogP contribution in [0.2, 0.25) is 0 Å². The largest absolute Gasteiger partial charge is 0.493 e. The zero-order valence-electron chi connectivity index (χ0n) is 12.5. The van der Waals surface area contributed by atoms with Crippen LogP contribution in [0.4, 0.5) is 8.78 Å². The van der Waals surface area contributed by atoms with Gasteiger partial charge in [0.25, 0.3) is 0 Å². The summed E-state index contributed by atoms with van der Waals surface area (Å²) < 4.78 is 57.7. The van der Waals surface area contributed by atoms with Crippen LogP contribution in [-0.4, -0.2) is 26.8 Å². The Bertz CT molecular complexity index is 607. The Morgan fingerprint density at radius 1 is 1.23 bits per heavy atom. The van der Waals surface area contributed by atoms with E-state index >= 15 is 0 Å². The molecule has 1 N–H and O–H groups in total. The third kappa shape index (κ3) is 4.64. The molecule has 0 spiro atoms. The highest BCUT2D eigenvalue weighted by Gasteiger charge is 2.28. The van der Waals surface area contributed by atoms with Gasteiger partial charge < -0.3 is 4.74 Å². The molecule has 1 aliphatic rings. The predicted molar refractivity (Wildman–Crippen MR) is 80.2 cm³/mol. The molecule has 0 bridgehead atoms. The van der Waals surface area contributed by atoms with Crippen LogP contribution in [0.1, 0.15) is 32.6 Å². The second-order valence-electron chi connectivity index (χ2n) is 5.56. The molecule has 0 radical (unpaired) electrons. The SMILES string of the molecule is CCS(=O)(=O)N[C@H]1CCCC[C@@H]1COc1ccc(F)c(F)c1. The fourth-order valence-electron chi connectivity index (χ4n) is 2.65. The first kappa shape index (κ1) is 17.1. The second kappa shape index (κ2) is 7.37. The fraction of sp³-hybridized carbons (Fsp3) is 0.600. The van der Waals surface area contributed by atoms with E-state index in [-0.39, 0.29) is 30.1 Å². The fourth-order valence-corrected chi connectivity index (χ4v) is 3.58. The van der Waals surface area contributed by atoms with Crippen molar-refractivity contribution < 1.29 is 21.9 Å². The van der Waals surface area contributed by atoms with Gasteiger partial charge in [-0.15, -0.1) is 0 Å². The number of ether oxygens (including phenoxy) is 1. The molecule has 0 amide bonds. The highest BCUT2D eigenvalue weighted by Crippen LogP contribution is 2.26. The molecule has 0 aliphatic heterocycles. The molecule has 0 unspecified atom stereocenters. The maximum Gasteiger partial charge on any atom is 0.211 e. The molecule has 1 aliphatic carbocycles. The summed E-state index contributed by atoms with van der Waals surface area (Å²) in [5.74, 6) is -1.55. The first-order valence-corrected chi connectivity index (χ1v) is 9.14. The van der Waals surface area contributed by atoms with E-state index in [1.165, 1.54) is 6.07 Å². The van der Waals surface area contributed by atoms with E-state index in [1.807, 2.05) is 0 Å². The summed E-state index contributed by atoms with van der Waals surface area (Å²) in [5, 5.41) is 0. The van der Waals surface area contributed by atoms with Crippen molar-refractivity contribution in [3.8, 4) is 5.75 Å². The maximum atomic E-state index is 13.1. The van der Waals surface area contributed by atoms with Crippen molar-refractivity contribution in [1.82, 2.24) is 4.72 Å². The number of benzene rings is 1. The molecule has 1 saturated carbocycles. The molecule has 22 heavy (non-hydrogen) atoms. The van der Waals surface area contributed by atoms with Gasteiger partial charge in [0.1, 0.15) is 5.75 Å². The number of sulfonamides is 1. The lowest BCUT2D eigenvalue weighted by Gasteiger charge is -2.31. The average molecular weight is 333 g/mol. The first-order valence-electron chi connectivity index (χ1n) is 7.49. The topological polar surface area (TPSA) is 55.4 Å². The molecule has 0 saturated heterocycles. The maximum absolute atomic E-state index is 13.1. The van der Waals surface area contributed by atoms with Crippen LogP contribution in [-0.2, 0) is 10.0 Å². The van der Waals surface area contributed by atoms with Crippen LogP contribution in [0.5, 0.6) is 5.75 Å². The van der Waals surface area contributed by atoms with E-state index in [9.17, 15) is 17.2 Å². The monoisotopic (exact) mass is 333 g/mol. The Balaban J connectivity index is 1.97. The number of hydrogen-bond acceptors (Lipinski definition) is 3. The quantitative estimate of drug-likeness (QED) is 0.871. The number of rotatable bonds is 6. The minimum atomic E-state index is -3.26. The van der Waals surface area contributed by atoms with Crippen LogP contribution in [0.15, 0.2) is 18.2 Å². The lowest BCUT2D eigenvalue weighted by molar-refractivity contribution is 0.179. The van der Waals surface area contributed by atoms with E-state index in [0.717, 1.165) is 37.8 Å². The summed E-state index contributed by atoms with van der Waals surface area (Å²) in [4.78, 5) is 0. The smallest absolute Gasteiger partial charge is 0.211 e. The Morgan fingerprint density at radius 3 is 2.64 bits per heavy atom. The third-order valence-electron chi connectivity index (χ3n) is 3.98. The molecule has 0 aromatic heterocycles. The first-order chi connectivity index (χ1) is 10.4. The number of halogens is 2. The van der Waals surface area contributed by atoms with Gasteiger partial charge in [-0.2, -0.15) is 0 Å². The summed E-state index contributed by atoms with van der Waals surface area (Å²) in [7, 11) is -3.26. The molecule has 1 aromatic rings. The Hall–Kier alpha value is -1.21. The average Bonchev–Trinajstić information content (AvgIpc) is 2.49. The molecule has 4 nitrogen and oxygen atoms in total. The van der Waals surface area contributed by atoms with Crippen LogP contribution in [0.25, 0.3) is 0 Å². The van der Waals surface area contributed by atoms with E-state index < -0.39 is 21.7 Å². The molecule has 7 heteroatoms. The highest BCUT2D eigenvalue weighted by molar-refractivity contribution is 7.89. The molecular weight excluding hydrogens is 312 g/mol. The van der Waals surface area contributed by atoms with E-state index in [4.69, 9.17) is 4.74 Å². The van der Waals surface area contributed by atoms with Gasteiger partial charge in [0.05, 0.1) is 12.4 Å². The Kier molecular flexibility index (Phi) is 5.74. The van der Waals surface area contributed by atoms with Crippen LogP contribution in [0.3, 0.4) is 0 Å². The molecule has 2 atom stereocenters. The normalized spacial score (nSPS) is 22.5. The molecule has 0 heterocycles. The van der Waals surface area contributed by atoms with Crippen molar-refractivity contribution >= 4 is 10.0 Å². The van der Waals surface area contributed by atoms with Gasteiger partial charge in [0.2, 0.25) is 10.0 Å². The molecule has 1 aromatic carbocycles. The Morgan fingerprint density at radius 2 is 1.95 bits per heavy atom. The molecule has 1 fully saturated rings. The van der Waals surface area contributed by atoms with Gasteiger partial charge in [-0.25, -0.2) is 21.9 Å². The van der Waals surface area contributed by atoms with Crippen molar-refractivity contribution in [2.75, 3.05) is 12.4 Å². The van der Waals surface area contributed by atoms with Gasteiger partial charge in [-0.05, 0) is 31.9 Å². The summed E-state index contributed by atoms with van der Waals surface area (Å²) in [5.41, 5.74) is 0. The molecular formula is C15H21F2NO3S. The van der Waals surface area contributed by atoms with Crippen LogP contribution >= 0.6 is 0 Å².